The van der Waals surface area contributed by atoms with Gasteiger partial charge in [0.2, 0.25) is 5.78 Å². The summed E-state index contributed by atoms with van der Waals surface area (Å²) in [6.07, 6.45) is -3.71. The Balaban J connectivity index is 2.41. The zero-order chi connectivity index (χ0) is 23.6. The van der Waals surface area contributed by atoms with E-state index in [1.54, 1.807) is 12.1 Å². The molecule has 1 aromatic carbocycles. The fourth-order valence-corrected chi connectivity index (χ4v) is 3.47. The molecule has 3 rings (SSSR count). The highest BCUT2D eigenvalue weighted by Gasteiger charge is 2.36. The molecular weight excluding hydrogens is 495 g/mol. The monoisotopic (exact) mass is 511 g/mol. The van der Waals surface area contributed by atoms with Crippen molar-refractivity contribution in [1.82, 2.24) is 4.40 Å². The number of hydrogen-bond acceptors (Lipinski definition) is 5. The van der Waals surface area contributed by atoms with E-state index in [2.05, 4.69) is 15.9 Å². The first-order chi connectivity index (χ1) is 15.1. The van der Waals surface area contributed by atoms with Gasteiger partial charge in [0.15, 0.2) is 0 Å². The van der Waals surface area contributed by atoms with E-state index in [0.29, 0.717) is 10.5 Å². The van der Waals surface area contributed by atoms with E-state index in [1.165, 1.54) is 26.0 Å². The molecule has 2 heterocycles. The minimum atomic E-state index is -4.71. The van der Waals surface area contributed by atoms with Crippen LogP contribution in [0.1, 0.15) is 56.2 Å². The Bertz CT molecular complexity index is 1200. The number of benzene rings is 1. The van der Waals surface area contributed by atoms with E-state index in [4.69, 9.17) is 9.47 Å². The number of halogens is 4. The Hall–Kier alpha value is -3.14. The predicted octanol–water partition coefficient (Wildman–Crippen LogP) is 5.31. The number of ketones is 1. The summed E-state index contributed by atoms with van der Waals surface area (Å²) in [5.74, 6) is -2.73. The summed E-state index contributed by atoms with van der Waals surface area (Å²) in [6, 6.07) is 7.62. The van der Waals surface area contributed by atoms with Crippen LogP contribution in [0.25, 0.3) is 5.52 Å². The number of carbonyl (C=O) groups is 3. The van der Waals surface area contributed by atoms with Gasteiger partial charge in [0.1, 0.15) is 16.8 Å². The van der Waals surface area contributed by atoms with E-state index in [-0.39, 0.29) is 30.0 Å². The molecule has 3 aromatic rings. The number of aromatic nitrogens is 1. The highest BCUT2D eigenvalue weighted by molar-refractivity contribution is 9.10. The van der Waals surface area contributed by atoms with Crippen molar-refractivity contribution in [3.8, 4) is 0 Å². The van der Waals surface area contributed by atoms with Crippen molar-refractivity contribution in [3.05, 3.63) is 75.0 Å². The number of nitrogens with zero attached hydrogens (tertiary/aromatic N) is 1. The lowest BCUT2D eigenvalue weighted by molar-refractivity contribution is -0.137. The van der Waals surface area contributed by atoms with Crippen molar-refractivity contribution in [2.75, 3.05) is 13.2 Å². The number of ether oxygens (including phenoxy) is 2. The number of rotatable bonds is 6. The first-order valence-electron chi connectivity index (χ1n) is 9.49. The van der Waals surface area contributed by atoms with Gasteiger partial charge in [-0.2, -0.15) is 13.2 Å². The second-order valence-corrected chi connectivity index (χ2v) is 7.46. The number of fused-ring (bicyclic) bond motifs is 1. The molecule has 0 unspecified atom stereocenters. The second-order valence-electron chi connectivity index (χ2n) is 6.54. The highest BCUT2D eigenvalue weighted by Crippen LogP contribution is 2.34. The molecule has 0 fully saturated rings. The van der Waals surface area contributed by atoms with E-state index in [1.807, 2.05) is 0 Å². The Kier molecular flexibility index (Phi) is 6.73. The average molecular weight is 512 g/mol. The quantitative estimate of drug-likeness (QED) is 0.331. The molecule has 0 aliphatic heterocycles. The topological polar surface area (TPSA) is 74.1 Å². The molecule has 168 valence electrons. The Morgan fingerprint density at radius 1 is 0.938 bits per heavy atom. The summed E-state index contributed by atoms with van der Waals surface area (Å²) in [5, 5.41) is 0. The van der Waals surface area contributed by atoms with Crippen molar-refractivity contribution in [2.45, 2.75) is 20.0 Å². The lowest BCUT2D eigenvalue weighted by Gasteiger charge is -2.09. The molecule has 0 radical (unpaired) electrons. The van der Waals surface area contributed by atoms with Gasteiger partial charge in [-0.25, -0.2) is 9.59 Å². The van der Waals surface area contributed by atoms with Gasteiger partial charge in [0.25, 0.3) is 0 Å². The molecule has 10 heteroatoms. The first-order valence-corrected chi connectivity index (χ1v) is 10.3. The van der Waals surface area contributed by atoms with Crippen molar-refractivity contribution in [3.63, 3.8) is 0 Å². The molecule has 0 aliphatic carbocycles. The molecule has 0 N–H and O–H groups in total. The molecule has 0 aliphatic rings. The lowest BCUT2D eigenvalue weighted by atomic mass is 10.0. The Labute approximate surface area is 189 Å². The van der Waals surface area contributed by atoms with E-state index < -0.39 is 40.6 Å². The van der Waals surface area contributed by atoms with Gasteiger partial charge in [-0.15, -0.1) is 0 Å². The molecular formula is C22H17BrF3NO5. The molecule has 6 nitrogen and oxygen atoms in total. The van der Waals surface area contributed by atoms with Gasteiger partial charge in [-0.3, -0.25) is 4.79 Å². The number of carbonyl (C=O) groups excluding carboxylic acids is 3. The summed E-state index contributed by atoms with van der Waals surface area (Å²) in [5.41, 5.74) is -2.38. The van der Waals surface area contributed by atoms with Crippen LogP contribution >= 0.6 is 15.9 Å². The molecule has 0 atom stereocenters. The molecule has 0 saturated carbocycles. The maximum atomic E-state index is 13.4. The average Bonchev–Trinajstić information content (AvgIpc) is 3.08. The van der Waals surface area contributed by atoms with E-state index in [0.717, 1.165) is 16.7 Å². The normalized spacial score (nSPS) is 11.4. The second kappa shape index (κ2) is 9.15. The van der Waals surface area contributed by atoms with E-state index in [9.17, 15) is 27.6 Å². The number of hydrogen-bond donors (Lipinski definition) is 0. The summed E-state index contributed by atoms with van der Waals surface area (Å²) in [4.78, 5) is 38.9. The fourth-order valence-electron chi connectivity index (χ4n) is 3.20. The van der Waals surface area contributed by atoms with Crippen molar-refractivity contribution in [1.29, 1.82) is 0 Å². The highest BCUT2D eigenvalue weighted by atomic mass is 79.9. The van der Waals surface area contributed by atoms with Gasteiger partial charge in [0.05, 0.1) is 24.3 Å². The van der Waals surface area contributed by atoms with Crippen LogP contribution in [0.3, 0.4) is 0 Å². The fraction of sp³-hybridized carbons (Fsp3) is 0.227. The molecule has 2 aromatic heterocycles. The van der Waals surface area contributed by atoms with Crippen molar-refractivity contribution in [2.24, 2.45) is 0 Å². The zero-order valence-corrected chi connectivity index (χ0v) is 18.5. The molecule has 0 bridgehead atoms. The minimum absolute atomic E-state index is 0.0764. The minimum Gasteiger partial charge on any atom is -0.462 e. The number of pyridine rings is 1. The smallest absolute Gasteiger partial charge is 0.416 e. The zero-order valence-electron chi connectivity index (χ0n) is 17.0. The Morgan fingerprint density at radius 3 is 2.03 bits per heavy atom. The molecule has 32 heavy (non-hydrogen) atoms. The van der Waals surface area contributed by atoms with Crippen LogP contribution in [0, 0.1) is 0 Å². The lowest BCUT2D eigenvalue weighted by Crippen LogP contribution is -2.16. The SMILES string of the molecule is CCOC(=O)c1c(C(=O)OCC)c2cc(C(F)(F)F)ccn2c1C(=O)c1ccc(Br)cc1. The summed E-state index contributed by atoms with van der Waals surface area (Å²) in [7, 11) is 0. The maximum absolute atomic E-state index is 13.4. The van der Waals surface area contributed by atoms with Crippen molar-refractivity contribution >= 4 is 39.2 Å². The van der Waals surface area contributed by atoms with Crippen LogP contribution < -0.4 is 0 Å². The van der Waals surface area contributed by atoms with Gasteiger partial charge in [-0.05, 0) is 50.2 Å². The summed E-state index contributed by atoms with van der Waals surface area (Å²) >= 11 is 3.26. The van der Waals surface area contributed by atoms with Gasteiger partial charge < -0.3 is 13.9 Å². The van der Waals surface area contributed by atoms with E-state index >= 15 is 0 Å². The van der Waals surface area contributed by atoms with Crippen LogP contribution in [0.15, 0.2) is 47.1 Å². The first kappa shape index (κ1) is 23.5. The summed E-state index contributed by atoms with van der Waals surface area (Å²) < 4.78 is 51.9. The number of alkyl halides is 3. The van der Waals surface area contributed by atoms with Crippen LogP contribution in [0.5, 0.6) is 0 Å². The third-order valence-corrected chi connectivity index (χ3v) is 5.08. The standard InChI is InChI=1S/C22H17BrF3NO5/c1-3-31-20(29)16-15-11-13(22(24,25)26)9-10-27(15)18(17(16)21(30)32-4-2)19(28)12-5-7-14(23)8-6-12/h5-11H,3-4H2,1-2H3. The Morgan fingerprint density at radius 2 is 1.50 bits per heavy atom. The maximum Gasteiger partial charge on any atom is 0.416 e. The third kappa shape index (κ3) is 4.40. The van der Waals surface area contributed by atoms with Crippen LogP contribution in [-0.4, -0.2) is 35.3 Å². The predicted molar refractivity (Wildman–Crippen MR) is 112 cm³/mol. The largest absolute Gasteiger partial charge is 0.462 e. The van der Waals surface area contributed by atoms with Crippen LogP contribution in [0.4, 0.5) is 13.2 Å². The van der Waals surface area contributed by atoms with Gasteiger partial charge in [-0.1, -0.05) is 15.9 Å². The van der Waals surface area contributed by atoms with Gasteiger partial charge >= 0.3 is 18.1 Å². The molecule has 0 spiro atoms. The van der Waals surface area contributed by atoms with Crippen molar-refractivity contribution < 1.29 is 37.0 Å². The molecule has 0 amide bonds. The molecule has 0 saturated heterocycles. The number of esters is 2. The third-order valence-electron chi connectivity index (χ3n) is 4.55. The van der Waals surface area contributed by atoms with Crippen LogP contribution in [-0.2, 0) is 15.7 Å². The van der Waals surface area contributed by atoms with Crippen LogP contribution in [0.2, 0.25) is 0 Å². The van der Waals surface area contributed by atoms with Gasteiger partial charge in [0, 0.05) is 16.2 Å². The summed E-state index contributed by atoms with van der Waals surface area (Å²) in [6.45, 7) is 2.87.